The number of nitrogens with zero attached hydrogens (tertiary/aromatic N) is 1. The van der Waals surface area contributed by atoms with E-state index in [1.165, 1.54) is 23.5 Å². The predicted molar refractivity (Wildman–Crippen MR) is 117 cm³/mol. The molecule has 1 aliphatic carbocycles. The van der Waals surface area contributed by atoms with Crippen molar-refractivity contribution in [2.75, 3.05) is 10.6 Å². The highest BCUT2D eigenvalue weighted by Crippen LogP contribution is 2.43. The molecule has 32 heavy (non-hydrogen) atoms. The number of aryl methyl sites for hydroxylation is 1. The van der Waals surface area contributed by atoms with Crippen LogP contribution in [0.3, 0.4) is 0 Å². The first-order chi connectivity index (χ1) is 15.1. The summed E-state index contributed by atoms with van der Waals surface area (Å²) in [6.07, 6.45) is -1.39. The monoisotopic (exact) mass is 460 g/mol. The zero-order valence-corrected chi connectivity index (χ0v) is 18.1. The van der Waals surface area contributed by atoms with Gasteiger partial charge < -0.3 is 10.6 Å². The van der Waals surface area contributed by atoms with Gasteiger partial charge in [0.1, 0.15) is 5.01 Å². The number of alkyl halides is 3. The summed E-state index contributed by atoms with van der Waals surface area (Å²) in [5, 5.41) is 18.6. The molecule has 3 aromatic rings. The van der Waals surface area contributed by atoms with Crippen molar-refractivity contribution in [3.63, 3.8) is 0 Å². The summed E-state index contributed by atoms with van der Waals surface area (Å²) in [4.78, 5) is 17.6. The number of thiazole rings is 1. The molecule has 2 amide bonds. The number of halogens is 3. The molecular formula is C23H21F3N3O2S. The minimum absolute atomic E-state index is 0.0419. The van der Waals surface area contributed by atoms with Gasteiger partial charge in [0.2, 0.25) is 0 Å². The van der Waals surface area contributed by atoms with E-state index in [1.807, 2.05) is 19.1 Å². The first-order valence-electron chi connectivity index (χ1n) is 10.2. The number of hydrogen-bond donors (Lipinski definition) is 2. The molecule has 9 heteroatoms. The Morgan fingerprint density at radius 1 is 1.03 bits per heavy atom. The zero-order valence-electron chi connectivity index (χ0n) is 17.3. The molecule has 1 fully saturated rings. The van der Waals surface area contributed by atoms with Crippen molar-refractivity contribution < 1.29 is 23.1 Å². The largest absolute Gasteiger partial charge is 0.416 e. The maximum atomic E-state index is 12.9. The van der Waals surface area contributed by atoms with Gasteiger partial charge in [0.15, 0.2) is 5.60 Å². The summed E-state index contributed by atoms with van der Waals surface area (Å²) in [7, 11) is 0. The van der Waals surface area contributed by atoms with Crippen LogP contribution in [0.15, 0.2) is 48.5 Å². The molecule has 0 unspecified atom stereocenters. The molecule has 1 aliphatic rings. The fourth-order valence-electron chi connectivity index (χ4n) is 3.79. The van der Waals surface area contributed by atoms with E-state index >= 15 is 0 Å². The van der Waals surface area contributed by atoms with Crippen LogP contribution in [-0.4, -0.2) is 11.0 Å². The lowest BCUT2D eigenvalue weighted by Gasteiger charge is -2.14. The smallest absolute Gasteiger partial charge is 0.308 e. The van der Waals surface area contributed by atoms with Gasteiger partial charge in [0.25, 0.3) is 0 Å². The quantitative estimate of drug-likeness (QED) is 0.441. The van der Waals surface area contributed by atoms with Gasteiger partial charge in [-0.05, 0) is 68.5 Å². The summed E-state index contributed by atoms with van der Waals surface area (Å²) in [5.74, 6) is 0. The summed E-state index contributed by atoms with van der Waals surface area (Å²) in [5.41, 5.74) is 0.289. The number of carbonyl (C=O) groups is 1. The average molecular weight is 461 g/mol. The number of carbonyl (C=O) groups excluding carboxylic acids is 1. The van der Waals surface area contributed by atoms with E-state index in [4.69, 9.17) is 0 Å². The Balaban J connectivity index is 1.43. The Kier molecular flexibility index (Phi) is 5.96. The first kappa shape index (κ1) is 22.3. The third kappa shape index (κ3) is 4.78. The molecule has 0 bridgehead atoms. The van der Waals surface area contributed by atoms with Crippen LogP contribution in [0.25, 0.3) is 10.4 Å². The number of rotatable bonds is 4. The Morgan fingerprint density at radius 3 is 2.34 bits per heavy atom. The van der Waals surface area contributed by atoms with E-state index < -0.39 is 23.4 Å². The van der Waals surface area contributed by atoms with Crippen molar-refractivity contribution in [1.29, 1.82) is 0 Å². The molecule has 0 saturated heterocycles. The van der Waals surface area contributed by atoms with Crippen LogP contribution < -0.4 is 10.6 Å². The maximum absolute atomic E-state index is 12.9. The van der Waals surface area contributed by atoms with Crippen LogP contribution in [-0.2, 0) is 16.9 Å². The summed E-state index contributed by atoms with van der Waals surface area (Å²) in [6.45, 7) is 1.88. The molecular weight excluding hydrogens is 439 g/mol. The van der Waals surface area contributed by atoms with E-state index in [-0.39, 0.29) is 5.69 Å². The van der Waals surface area contributed by atoms with Crippen LogP contribution in [0.4, 0.5) is 29.3 Å². The van der Waals surface area contributed by atoms with Gasteiger partial charge in [-0.25, -0.2) is 14.9 Å². The second-order valence-corrected chi connectivity index (χ2v) is 8.87. The van der Waals surface area contributed by atoms with Gasteiger partial charge in [-0.3, -0.25) is 0 Å². The lowest BCUT2D eigenvalue weighted by molar-refractivity contribution is -0.137. The molecule has 1 heterocycles. The molecule has 0 atom stereocenters. The van der Waals surface area contributed by atoms with Gasteiger partial charge in [0, 0.05) is 11.4 Å². The molecule has 2 aromatic carbocycles. The van der Waals surface area contributed by atoms with Crippen molar-refractivity contribution in [2.45, 2.75) is 44.4 Å². The minimum Gasteiger partial charge on any atom is -0.308 e. The maximum Gasteiger partial charge on any atom is 0.416 e. The normalized spacial score (nSPS) is 15.5. The van der Waals surface area contributed by atoms with Crippen molar-refractivity contribution in [1.82, 2.24) is 4.98 Å². The Bertz CT molecular complexity index is 1120. The lowest BCUT2D eigenvalue weighted by Crippen LogP contribution is -2.19. The Morgan fingerprint density at radius 2 is 1.69 bits per heavy atom. The van der Waals surface area contributed by atoms with Crippen LogP contribution in [0.2, 0.25) is 0 Å². The minimum atomic E-state index is -4.48. The number of amides is 2. The van der Waals surface area contributed by atoms with Gasteiger partial charge in [-0.2, -0.15) is 13.2 Å². The number of hydrogen-bond acceptors (Lipinski definition) is 3. The molecule has 0 aliphatic heterocycles. The van der Waals surface area contributed by atoms with E-state index in [9.17, 15) is 23.1 Å². The molecule has 5 nitrogen and oxygen atoms in total. The molecule has 1 saturated carbocycles. The summed E-state index contributed by atoms with van der Waals surface area (Å²) in [6, 6.07) is 10.8. The molecule has 0 spiro atoms. The standard InChI is InChI=1S/C23H21F3N3O2S/c1-14-19(32-20(27-14)22(31)11-2-3-12-22)15-7-9-17(10-8-15)28-21(30)29-18-6-4-5-16(13-18)23(24,25)26/h4-10,13H,2-3,11-12H2,1H3,(H2,28,29,30). The van der Waals surface area contributed by atoms with Gasteiger partial charge >= 0.3 is 12.2 Å². The zero-order chi connectivity index (χ0) is 22.9. The average Bonchev–Trinajstić information content (AvgIpc) is 3.35. The third-order valence-electron chi connectivity index (χ3n) is 5.45. The molecule has 167 valence electrons. The third-order valence-corrected chi connectivity index (χ3v) is 6.84. The first-order valence-corrected chi connectivity index (χ1v) is 11.0. The molecule has 4 rings (SSSR count). The highest BCUT2D eigenvalue weighted by molar-refractivity contribution is 7.15. The molecule has 1 radical (unpaired) electrons. The Hall–Kier alpha value is -2.91. The van der Waals surface area contributed by atoms with E-state index in [1.54, 1.807) is 12.1 Å². The summed E-state index contributed by atoms with van der Waals surface area (Å²) >= 11 is 1.42. The van der Waals surface area contributed by atoms with Gasteiger partial charge in [-0.15, -0.1) is 11.3 Å². The number of benzene rings is 2. The van der Waals surface area contributed by atoms with Gasteiger partial charge in [-0.1, -0.05) is 18.2 Å². The molecule has 2 N–H and O–H groups in total. The molecule has 1 aromatic heterocycles. The van der Waals surface area contributed by atoms with Gasteiger partial charge in [0.05, 0.1) is 16.1 Å². The lowest BCUT2D eigenvalue weighted by atomic mass is 10.0. The van der Waals surface area contributed by atoms with E-state index in [2.05, 4.69) is 15.6 Å². The SMILES string of the molecule is Cc1nc(C2([O])CCCC2)sc1-c1ccc(NC(=O)Nc2cccc(C(F)(F)F)c2)cc1. The second-order valence-electron chi connectivity index (χ2n) is 7.87. The number of anilines is 2. The highest BCUT2D eigenvalue weighted by atomic mass is 32.1. The van der Waals surface area contributed by atoms with Crippen LogP contribution in [0.1, 0.15) is 41.9 Å². The van der Waals surface area contributed by atoms with Crippen molar-refractivity contribution in [3.05, 3.63) is 64.8 Å². The number of urea groups is 1. The number of aromatic nitrogens is 1. The van der Waals surface area contributed by atoms with E-state index in [0.29, 0.717) is 23.5 Å². The van der Waals surface area contributed by atoms with Crippen molar-refractivity contribution in [3.8, 4) is 10.4 Å². The fourth-order valence-corrected chi connectivity index (χ4v) is 5.00. The highest BCUT2D eigenvalue weighted by Gasteiger charge is 2.38. The topological polar surface area (TPSA) is 73.9 Å². The van der Waals surface area contributed by atoms with Crippen molar-refractivity contribution >= 4 is 28.7 Å². The summed E-state index contributed by atoms with van der Waals surface area (Å²) < 4.78 is 38.5. The second kappa shape index (κ2) is 8.55. The predicted octanol–water partition coefficient (Wildman–Crippen LogP) is 6.98. The van der Waals surface area contributed by atoms with Crippen LogP contribution in [0, 0.1) is 6.92 Å². The fraction of sp³-hybridized carbons (Fsp3) is 0.304. The van der Waals surface area contributed by atoms with Crippen LogP contribution >= 0.6 is 11.3 Å². The Labute approximate surface area is 187 Å². The van der Waals surface area contributed by atoms with Crippen molar-refractivity contribution in [2.24, 2.45) is 0 Å². The number of nitrogens with one attached hydrogen (secondary N) is 2. The van der Waals surface area contributed by atoms with Crippen LogP contribution in [0.5, 0.6) is 0 Å². The van der Waals surface area contributed by atoms with E-state index in [0.717, 1.165) is 41.1 Å².